The molecule has 4 heteroatoms. The van der Waals surface area contributed by atoms with E-state index in [1.54, 1.807) is 18.0 Å². The second-order valence-corrected chi connectivity index (χ2v) is 4.60. The standard InChI is InChI=1S/C14H14N2OS/c1-18-14-6-2-5-13(12(14)10-15)16-8-7-11-4-3-9-17-11/h2-6,9,16H,7-8H2,1H3. The molecule has 1 aromatic heterocycles. The lowest BCUT2D eigenvalue weighted by molar-refractivity contribution is 0.513. The first-order valence-corrected chi connectivity index (χ1v) is 6.91. The molecule has 0 fully saturated rings. The molecular formula is C14H14N2OS. The molecule has 1 heterocycles. The van der Waals surface area contributed by atoms with Crippen LogP contribution in [0.25, 0.3) is 0 Å². The molecule has 0 aliphatic carbocycles. The Morgan fingerprint density at radius 1 is 1.33 bits per heavy atom. The fraction of sp³-hybridized carbons (Fsp3) is 0.214. The van der Waals surface area contributed by atoms with Crippen molar-refractivity contribution >= 4 is 17.4 Å². The van der Waals surface area contributed by atoms with E-state index in [1.807, 2.05) is 36.6 Å². The topological polar surface area (TPSA) is 49.0 Å². The van der Waals surface area contributed by atoms with Gasteiger partial charge in [0.15, 0.2) is 0 Å². The number of anilines is 1. The van der Waals surface area contributed by atoms with E-state index in [0.29, 0.717) is 5.56 Å². The summed E-state index contributed by atoms with van der Waals surface area (Å²) in [5, 5.41) is 12.5. The number of nitriles is 1. The van der Waals surface area contributed by atoms with Crippen LogP contribution in [0, 0.1) is 11.3 Å². The van der Waals surface area contributed by atoms with Crippen LogP contribution in [-0.4, -0.2) is 12.8 Å². The van der Waals surface area contributed by atoms with Gasteiger partial charge in [-0.15, -0.1) is 11.8 Å². The molecular weight excluding hydrogens is 244 g/mol. The van der Waals surface area contributed by atoms with Crippen molar-refractivity contribution in [3.05, 3.63) is 47.9 Å². The molecule has 0 saturated carbocycles. The predicted molar refractivity (Wildman–Crippen MR) is 73.8 cm³/mol. The van der Waals surface area contributed by atoms with E-state index in [-0.39, 0.29) is 0 Å². The van der Waals surface area contributed by atoms with Crippen LogP contribution in [0.5, 0.6) is 0 Å². The van der Waals surface area contributed by atoms with E-state index in [0.717, 1.165) is 29.3 Å². The molecule has 0 bridgehead atoms. The van der Waals surface area contributed by atoms with Gasteiger partial charge in [-0.05, 0) is 30.5 Å². The number of rotatable bonds is 5. The minimum atomic E-state index is 0.712. The molecule has 1 aromatic carbocycles. The molecule has 3 nitrogen and oxygen atoms in total. The number of nitrogens with one attached hydrogen (secondary N) is 1. The van der Waals surface area contributed by atoms with Crippen LogP contribution in [0.1, 0.15) is 11.3 Å². The highest BCUT2D eigenvalue weighted by molar-refractivity contribution is 7.98. The van der Waals surface area contributed by atoms with E-state index in [2.05, 4.69) is 11.4 Å². The van der Waals surface area contributed by atoms with Gasteiger partial charge < -0.3 is 9.73 Å². The molecule has 0 unspecified atom stereocenters. The van der Waals surface area contributed by atoms with Gasteiger partial charge in [-0.3, -0.25) is 0 Å². The lowest BCUT2D eigenvalue weighted by Gasteiger charge is -2.09. The molecule has 18 heavy (non-hydrogen) atoms. The van der Waals surface area contributed by atoms with Gasteiger partial charge in [0.25, 0.3) is 0 Å². The summed E-state index contributed by atoms with van der Waals surface area (Å²) < 4.78 is 5.26. The molecule has 0 amide bonds. The fourth-order valence-electron chi connectivity index (χ4n) is 1.74. The quantitative estimate of drug-likeness (QED) is 0.833. The fourth-order valence-corrected chi connectivity index (χ4v) is 2.31. The van der Waals surface area contributed by atoms with Crippen molar-refractivity contribution in [3.8, 4) is 6.07 Å². The second-order valence-electron chi connectivity index (χ2n) is 3.75. The Labute approximate surface area is 111 Å². The van der Waals surface area contributed by atoms with Gasteiger partial charge in [-0.1, -0.05) is 6.07 Å². The van der Waals surface area contributed by atoms with Gasteiger partial charge in [0.1, 0.15) is 11.8 Å². The van der Waals surface area contributed by atoms with Crippen molar-refractivity contribution in [2.24, 2.45) is 0 Å². The SMILES string of the molecule is CSc1cccc(NCCc2ccco2)c1C#N. The van der Waals surface area contributed by atoms with Gasteiger partial charge in [-0.25, -0.2) is 0 Å². The van der Waals surface area contributed by atoms with Gasteiger partial charge in [-0.2, -0.15) is 5.26 Å². The Bertz CT molecular complexity index is 543. The number of thioether (sulfide) groups is 1. The van der Waals surface area contributed by atoms with Crippen LogP contribution in [-0.2, 0) is 6.42 Å². The molecule has 0 spiro atoms. The van der Waals surface area contributed by atoms with Crippen molar-refractivity contribution in [1.82, 2.24) is 0 Å². The average Bonchev–Trinajstić information content (AvgIpc) is 2.91. The maximum absolute atomic E-state index is 9.19. The Hall–Kier alpha value is -1.86. The molecule has 2 rings (SSSR count). The molecule has 0 atom stereocenters. The van der Waals surface area contributed by atoms with Crippen LogP contribution >= 0.6 is 11.8 Å². The van der Waals surface area contributed by atoms with Crippen molar-refractivity contribution in [3.63, 3.8) is 0 Å². The monoisotopic (exact) mass is 258 g/mol. The normalized spacial score (nSPS) is 10.0. The summed E-state index contributed by atoms with van der Waals surface area (Å²) in [5.74, 6) is 0.946. The van der Waals surface area contributed by atoms with Gasteiger partial charge >= 0.3 is 0 Å². The van der Waals surface area contributed by atoms with Gasteiger partial charge in [0.2, 0.25) is 0 Å². The van der Waals surface area contributed by atoms with Crippen molar-refractivity contribution < 1.29 is 4.42 Å². The van der Waals surface area contributed by atoms with Crippen molar-refractivity contribution in [1.29, 1.82) is 5.26 Å². The summed E-state index contributed by atoms with van der Waals surface area (Å²) in [6.45, 7) is 0.750. The Balaban J connectivity index is 2.03. The molecule has 0 aliphatic heterocycles. The average molecular weight is 258 g/mol. The molecule has 0 saturated heterocycles. The number of benzene rings is 1. The largest absolute Gasteiger partial charge is 0.469 e. The third-order valence-corrected chi connectivity index (χ3v) is 3.40. The highest BCUT2D eigenvalue weighted by atomic mass is 32.2. The highest BCUT2D eigenvalue weighted by Crippen LogP contribution is 2.26. The summed E-state index contributed by atoms with van der Waals surface area (Å²) in [6, 6.07) is 11.9. The second kappa shape index (κ2) is 6.18. The third-order valence-electron chi connectivity index (χ3n) is 2.62. The van der Waals surface area contributed by atoms with Crippen molar-refractivity contribution in [2.75, 3.05) is 18.1 Å². The van der Waals surface area contributed by atoms with E-state index in [4.69, 9.17) is 4.42 Å². The zero-order valence-electron chi connectivity index (χ0n) is 10.1. The molecule has 1 N–H and O–H groups in total. The number of furan rings is 1. The summed E-state index contributed by atoms with van der Waals surface area (Å²) in [6.07, 6.45) is 4.45. The molecule has 92 valence electrons. The Morgan fingerprint density at radius 2 is 2.22 bits per heavy atom. The van der Waals surface area contributed by atoms with Gasteiger partial charge in [0.05, 0.1) is 17.5 Å². The van der Waals surface area contributed by atoms with E-state index < -0.39 is 0 Å². The van der Waals surface area contributed by atoms with Crippen LogP contribution in [0.2, 0.25) is 0 Å². The Morgan fingerprint density at radius 3 is 2.89 bits per heavy atom. The predicted octanol–water partition coefficient (Wildman–Crippen LogP) is 3.53. The lowest BCUT2D eigenvalue weighted by atomic mass is 10.2. The summed E-state index contributed by atoms with van der Waals surface area (Å²) >= 11 is 1.58. The van der Waals surface area contributed by atoms with E-state index in [9.17, 15) is 5.26 Å². The molecule has 2 aromatic rings. The maximum Gasteiger partial charge on any atom is 0.105 e. The first-order valence-electron chi connectivity index (χ1n) is 5.68. The van der Waals surface area contributed by atoms with Crippen LogP contribution in [0.15, 0.2) is 45.9 Å². The minimum absolute atomic E-state index is 0.712. The third kappa shape index (κ3) is 2.88. The molecule has 0 radical (unpaired) electrons. The number of hydrogen-bond acceptors (Lipinski definition) is 4. The summed E-state index contributed by atoms with van der Waals surface area (Å²) in [7, 11) is 0. The smallest absolute Gasteiger partial charge is 0.105 e. The van der Waals surface area contributed by atoms with Crippen LogP contribution in [0.4, 0.5) is 5.69 Å². The van der Waals surface area contributed by atoms with E-state index in [1.165, 1.54) is 0 Å². The summed E-state index contributed by atoms with van der Waals surface area (Å²) in [5.41, 5.74) is 1.60. The van der Waals surface area contributed by atoms with E-state index >= 15 is 0 Å². The van der Waals surface area contributed by atoms with Crippen molar-refractivity contribution in [2.45, 2.75) is 11.3 Å². The minimum Gasteiger partial charge on any atom is -0.469 e. The van der Waals surface area contributed by atoms with Gasteiger partial charge in [0, 0.05) is 17.9 Å². The zero-order valence-corrected chi connectivity index (χ0v) is 11.0. The van der Waals surface area contributed by atoms with Crippen LogP contribution < -0.4 is 5.32 Å². The number of hydrogen-bond donors (Lipinski definition) is 1. The van der Waals surface area contributed by atoms with Crippen LogP contribution in [0.3, 0.4) is 0 Å². The Kier molecular flexibility index (Phi) is 4.32. The molecule has 0 aliphatic rings. The summed E-state index contributed by atoms with van der Waals surface area (Å²) in [4.78, 5) is 1.00. The number of nitrogens with zero attached hydrogens (tertiary/aromatic N) is 1. The zero-order chi connectivity index (χ0) is 12.8. The first-order chi connectivity index (χ1) is 8.85. The maximum atomic E-state index is 9.19. The lowest BCUT2D eigenvalue weighted by Crippen LogP contribution is -2.06. The highest BCUT2D eigenvalue weighted by Gasteiger charge is 2.06. The first kappa shape index (κ1) is 12.6.